The van der Waals surface area contributed by atoms with Crippen molar-refractivity contribution < 1.29 is 39.9 Å². The van der Waals surface area contributed by atoms with Gasteiger partial charge in [-0.05, 0) is 24.3 Å². The molecule has 1 aromatic heterocycles. The number of benzene rings is 3. The highest BCUT2D eigenvalue weighted by Gasteiger charge is 2.49. The number of nitrogens with zero attached hydrogens (tertiary/aromatic N) is 1. The van der Waals surface area contributed by atoms with E-state index >= 15 is 0 Å². The summed E-state index contributed by atoms with van der Waals surface area (Å²) in [6, 6.07) is 14.7. The Balaban J connectivity index is 2.04. The lowest BCUT2D eigenvalue weighted by Crippen LogP contribution is -2.32. The Morgan fingerprint density at radius 3 is 2.15 bits per heavy atom. The molecule has 4 rings (SSSR count). The third-order valence-electron chi connectivity index (χ3n) is 4.95. The van der Waals surface area contributed by atoms with E-state index in [2.05, 4.69) is 4.18 Å². The van der Waals surface area contributed by atoms with E-state index in [9.17, 15) is 26.4 Å². The molecular weight excluding hydrogens is 518 g/mol. The number of rotatable bonds is 4. The first-order valence-corrected chi connectivity index (χ1v) is 11.6. The number of para-hydroxylation sites is 2. The van der Waals surface area contributed by atoms with Crippen LogP contribution in [-0.4, -0.2) is 19.9 Å². The van der Waals surface area contributed by atoms with E-state index < -0.39 is 27.3 Å². The van der Waals surface area contributed by atoms with Gasteiger partial charge in [0.1, 0.15) is 12.4 Å². The number of hydrogen-bond acceptors (Lipinski definition) is 5. The van der Waals surface area contributed by atoms with Gasteiger partial charge in [-0.2, -0.15) is 26.2 Å². The Morgan fingerprint density at radius 1 is 0.912 bits per heavy atom. The van der Waals surface area contributed by atoms with Crippen molar-refractivity contribution in [1.82, 2.24) is 0 Å². The van der Waals surface area contributed by atoms with Crippen molar-refractivity contribution in [1.29, 1.82) is 0 Å². The summed E-state index contributed by atoms with van der Waals surface area (Å²) in [4.78, 5) is 13.4. The zero-order valence-electron chi connectivity index (χ0n) is 17.1. The first-order chi connectivity index (χ1) is 15.9. The van der Waals surface area contributed by atoms with Crippen molar-refractivity contribution in [3.05, 3.63) is 76.3 Å². The van der Waals surface area contributed by atoms with Crippen molar-refractivity contribution >= 4 is 61.1 Å². The van der Waals surface area contributed by atoms with Crippen LogP contribution >= 0.6 is 23.2 Å². The number of ether oxygens (including phenoxy) is 1. The number of alkyl halides is 3. The fourth-order valence-electron chi connectivity index (χ4n) is 3.46. The van der Waals surface area contributed by atoms with Crippen LogP contribution in [0.3, 0.4) is 0 Å². The number of aryl methyl sites for hydroxylation is 1. The number of aromatic nitrogens is 1. The maximum Gasteiger partial charge on any atom is 0.534 e. The lowest BCUT2D eigenvalue weighted by atomic mass is 10.0. The van der Waals surface area contributed by atoms with E-state index in [1.807, 2.05) is 0 Å². The van der Waals surface area contributed by atoms with Crippen molar-refractivity contribution in [2.45, 2.75) is 5.51 Å². The van der Waals surface area contributed by atoms with Crippen LogP contribution in [0.5, 0.6) is 11.5 Å². The highest BCUT2D eigenvalue weighted by Crippen LogP contribution is 2.38. The largest absolute Gasteiger partial charge is 0.534 e. The van der Waals surface area contributed by atoms with Gasteiger partial charge in [-0.15, -0.1) is 0 Å². The van der Waals surface area contributed by atoms with E-state index in [4.69, 9.17) is 27.9 Å². The summed E-state index contributed by atoms with van der Waals surface area (Å²) >= 11 is 12.2. The average molecular weight is 531 g/mol. The van der Waals surface area contributed by atoms with Gasteiger partial charge in [0.15, 0.2) is 11.5 Å². The molecule has 0 spiro atoms. The molecule has 3 aromatic carbocycles. The third-order valence-corrected chi connectivity index (χ3v) is 6.51. The number of fused-ring (bicyclic) bond motifs is 2. The second-order valence-electron chi connectivity index (χ2n) is 7.02. The zero-order valence-corrected chi connectivity index (χ0v) is 19.4. The van der Waals surface area contributed by atoms with Crippen LogP contribution in [0.15, 0.2) is 60.7 Å². The predicted octanol–water partition coefficient (Wildman–Crippen LogP) is 5.57. The van der Waals surface area contributed by atoms with Gasteiger partial charge < -0.3 is 8.92 Å². The van der Waals surface area contributed by atoms with E-state index in [1.165, 1.54) is 36.4 Å². The van der Waals surface area contributed by atoms with E-state index in [0.29, 0.717) is 5.52 Å². The molecule has 4 aromatic rings. The third kappa shape index (κ3) is 4.13. The summed E-state index contributed by atoms with van der Waals surface area (Å²) in [5.74, 6) is -1.90. The van der Waals surface area contributed by atoms with Crippen LogP contribution in [-0.2, 0) is 17.2 Å². The Morgan fingerprint density at radius 2 is 1.50 bits per heavy atom. The fraction of sp³-hybridized carbons (Fsp3) is 0.0909. The molecule has 176 valence electrons. The van der Waals surface area contributed by atoms with Crippen LogP contribution in [0.4, 0.5) is 13.2 Å². The van der Waals surface area contributed by atoms with E-state index in [-0.39, 0.29) is 37.6 Å². The minimum absolute atomic E-state index is 0.0204. The fourth-order valence-corrected chi connectivity index (χ4v) is 4.41. The van der Waals surface area contributed by atoms with Gasteiger partial charge in [0.25, 0.3) is 0 Å². The molecule has 6 nitrogen and oxygen atoms in total. The second kappa shape index (κ2) is 8.61. The van der Waals surface area contributed by atoms with Crippen LogP contribution in [0, 0.1) is 0 Å². The summed E-state index contributed by atoms with van der Waals surface area (Å²) in [5, 5.41) is 0.106. The maximum absolute atomic E-state index is 13.4. The van der Waals surface area contributed by atoms with Gasteiger partial charge >= 0.3 is 21.6 Å². The number of esters is 1. The highest BCUT2D eigenvalue weighted by atomic mass is 35.5. The molecule has 0 saturated heterocycles. The molecule has 0 atom stereocenters. The van der Waals surface area contributed by atoms with E-state index in [0.717, 1.165) is 6.07 Å². The van der Waals surface area contributed by atoms with Gasteiger partial charge in [0.05, 0.1) is 21.0 Å². The summed E-state index contributed by atoms with van der Waals surface area (Å²) in [7, 11) is -4.42. The summed E-state index contributed by atoms with van der Waals surface area (Å²) < 4.78 is 74.1. The first-order valence-electron chi connectivity index (χ1n) is 9.43. The van der Waals surface area contributed by atoms with Gasteiger partial charge in [-0.1, -0.05) is 47.5 Å². The number of carbonyl (C=O) groups is 1. The average Bonchev–Trinajstić information content (AvgIpc) is 2.76. The normalized spacial score (nSPS) is 12.2. The number of halogens is 5. The minimum atomic E-state index is -6.03. The van der Waals surface area contributed by atoms with Crippen molar-refractivity contribution in [3.63, 3.8) is 0 Å². The van der Waals surface area contributed by atoms with Crippen molar-refractivity contribution in [2.75, 3.05) is 0 Å². The molecule has 0 radical (unpaired) electrons. The number of pyridine rings is 1. The molecule has 34 heavy (non-hydrogen) atoms. The quantitative estimate of drug-likeness (QED) is 0.0860. The highest BCUT2D eigenvalue weighted by molar-refractivity contribution is 7.88. The topological polar surface area (TPSA) is 73.5 Å². The van der Waals surface area contributed by atoms with Crippen LogP contribution in [0.25, 0.3) is 21.8 Å². The van der Waals surface area contributed by atoms with Gasteiger partial charge in [0.2, 0.25) is 11.0 Å². The molecule has 0 unspecified atom stereocenters. The summed E-state index contributed by atoms with van der Waals surface area (Å²) in [6.07, 6.45) is 0. The number of hydrogen-bond donors (Lipinski definition) is 0. The SMILES string of the molecule is C[n+]1c2ccccc2c(C(=O)Oc2c(Cl)cccc2Cl)c2c(OS(=O)(=O)C(F)(F)F)cccc21. The monoisotopic (exact) mass is 530 g/mol. The van der Waals surface area contributed by atoms with Crippen molar-refractivity contribution in [3.8, 4) is 11.5 Å². The molecular formula is C22H13Cl2F3NO5S+. The molecule has 0 aliphatic heterocycles. The Labute approximate surface area is 201 Å². The molecule has 0 saturated carbocycles. The molecule has 0 aliphatic rings. The summed E-state index contributed by atoms with van der Waals surface area (Å²) in [6.45, 7) is 0. The summed E-state index contributed by atoms with van der Waals surface area (Å²) in [5.41, 5.74) is -5.18. The van der Waals surface area contributed by atoms with Crippen molar-refractivity contribution in [2.24, 2.45) is 7.05 Å². The van der Waals surface area contributed by atoms with Crippen LogP contribution in [0.1, 0.15) is 10.4 Å². The zero-order chi connectivity index (χ0) is 24.8. The molecule has 1 heterocycles. The lowest BCUT2D eigenvalue weighted by Gasteiger charge is -2.15. The van der Waals surface area contributed by atoms with Gasteiger partial charge in [-0.25, -0.2) is 4.79 Å². The molecule has 0 bridgehead atoms. The Bertz CT molecular complexity index is 1550. The molecule has 0 aliphatic carbocycles. The minimum Gasteiger partial charge on any atom is -0.420 e. The standard InChI is InChI=1S/C22H13Cl2F3NO5S/c1-28-15-9-3-2-6-12(15)18(21(29)32-20-13(23)7-4-8-14(20)24)19-16(28)10-5-11-17(19)33-34(30,31)22(25,26)27/h2-11H,1H3/q+1. The second-order valence-corrected chi connectivity index (χ2v) is 9.38. The first kappa shape index (κ1) is 24.1. The van der Waals surface area contributed by atoms with Crippen LogP contribution in [0.2, 0.25) is 10.0 Å². The Hall–Kier alpha value is -3.08. The molecule has 0 fully saturated rings. The smallest absolute Gasteiger partial charge is 0.420 e. The van der Waals surface area contributed by atoms with Gasteiger partial charge in [0, 0.05) is 12.1 Å². The predicted molar refractivity (Wildman–Crippen MR) is 120 cm³/mol. The van der Waals surface area contributed by atoms with Crippen LogP contribution < -0.4 is 13.5 Å². The Kier molecular flexibility index (Phi) is 6.09. The lowest BCUT2D eigenvalue weighted by molar-refractivity contribution is -0.617. The van der Waals surface area contributed by atoms with Gasteiger partial charge in [-0.3, -0.25) is 0 Å². The molecule has 0 N–H and O–H groups in total. The number of carbonyl (C=O) groups excluding carboxylic acids is 1. The van der Waals surface area contributed by atoms with E-state index in [1.54, 1.807) is 29.8 Å². The maximum atomic E-state index is 13.4. The molecule has 0 amide bonds. The molecule has 12 heteroatoms.